The molecule has 0 saturated heterocycles. The van der Waals surface area contributed by atoms with Gasteiger partial charge in [0.15, 0.2) is 0 Å². The van der Waals surface area contributed by atoms with E-state index in [0.717, 1.165) is 22.5 Å². The molecule has 0 heterocycles. The van der Waals surface area contributed by atoms with Gasteiger partial charge < -0.3 is 5.32 Å². The minimum absolute atomic E-state index is 0.202. The Balaban J connectivity index is 2.08. The first kappa shape index (κ1) is 10.9. The predicted molar refractivity (Wildman–Crippen MR) is 64.5 cm³/mol. The molecular weight excluding hydrogens is 257 g/mol. The predicted octanol–water partition coefficient (Wildman–Crippen LogP) is 4.19. The highest BCUT2D eigenvalue weighted by molar-refractivity contribution is 9.10. The molecule has 1 unspecified atom stereocenters. The molecule has 0 bridgehead atoms. The van der Waals surface area contributed by atoms with E-state index in [-0.39, 0.29) is 5.82 Å². The van der Waals surface area contributed by atoms with E-state index in [1.165, 1.54) is 25.0 Å². The van der Waals surface area contributed by atoms with Crippen molar-refractivity contribution in [2.24, 2.45) is 5.92 Å². The van der Waals surface area contributed by atoms with Crippen LogP contribution in [-0.2, 0) is 0 Å². The van der Waals surface area contributed by atoms with Crippen LogP contribution in [0.1, 0.15) is 26.2 Å². The monoisotopic (exact) mass is 271 g/mol. The molecule has 0 amide bonds. The molecule has 0 spiro atoms. The molecule has 1 fully saturated rings. The molecule has 1 atom stereocenters. The van der Waals surface area contributed by atoms with Gasteiger partial charge in [0, 0.05) is 16.2 Å². The number of benzene rings is 1. The summed E-state index contributed by atoms with van der Waals surface area (Å²) in [5, 5.41) is 3.47. The van der Waals surface area contributed by atoms with Gasteiger partial charge in [-0.15, -0.1) is 0 Å². The van der Waals surface area contributed by atoms with Gasteiger partial charge in [-0.05, 0) is 59.3 Å². The lowest BCUT2D eigenvalue weighted by atomic mass is 10.1. The van der Waals surface area contributed by atoms with Crippen molar-refractivity contribution >= 4 is 21.6 Å². The third kappa shape index (κ3) is 2.71. The zero-order chi connectivity index (χ0) is 10.8. The molecule has 1 aliphatic rings. The summed E-state index contributed by atoms with van der Waals surface area (Å²) < 4.78 is 13.7. The number of halogens is 2. The Morgan fingerprint density at radius 3 is 2.80 bits per heavy atom. The van der Waals surface area contributed by atoms with Gasteiger partial charge in [0.25, 0.3) is 0 Å². The van der Waals surface area contributed by atoms with Gasteiger partial charge in [-0.3, -0.25) is 0 Å². The molecule has 1 saturated carbocycles. The first-order valence-corrected chi connectivity index (χ1v) is 6.21. The van der Waals surface area contributed by atoms with Crippen molar-refractivity contribution < 1.29 is 4.39 Å². The average molecular weight is 272 g/mol. The third-order valence-electron chi connectivity index (χ3n) is 2.90. The zero-order valence-electron chi connectivity index (χ0n) is 8.76. The van der Waals surface area contributed by atoms with Crippen LogP contribution in [0.5, 0.6) is 0 Å². The maximum Gasteiger partial charge on any atom is 0.124 e. The van der Waals surface area contributed by atoms with Crippen LogP contribution in [0, 0.1) is 11.7 Å². The molecule has 1 aromatic rings. The van der Waals surface area contributed by atoms with Crippen molar-refractivity contribution in [1.82, 2.24) is 0 Å². The Hall–Kier alpha value is -0.570. The summed E-state index contributed by atoms with van der Waals surface area (Å²) in [6.45, 7) is 2.19. The minimum Gasteiger partial charge on any atom is -0.381 e. The van der Waals surface area contributed by atoms with E-state index in [1.807, 2.05) is 0 Å². The number of hydrogen-bond acceptors (Lipinski definition) is 1. The van der Waals surface area contributed by atoms with Crippen LogP contribution in [0.4, 0.5) is 10.1 Å². The highest BCUT2D eigenvalue weighted by atomic mass is 79.9. The Kier molecular flexibility index (Phi) is 3.29. The van der Waals surface area contributed by atoms with Crippen LogP contribution < -0.4 is 5.32 Å². The van der Waals surface area contributed by atoms with E-state index < -0.39 is 0 Å². The lowest BCUT2D eigenvalue weighted by Crippen LogP contribution is -2.20. The highest BCUT2D eigenvalue weighted by Gasteiger charge is 2.29. The standard InChI is InChI=1S/C12H15BrFN/c1-2-11(8-3-4-8)15-12-6-5-9(14)7-10(12)13/h5-8,11,15H,2-4H2,1H3. The summed E-state index contributed by atoms with van der Waals surface area (Å²) in [7, 11) is 0. The minimum atomic E-state index is -0.202. The van der Waals surface area contributed by atoms with Gasteiger partial charge in [-0.25, -0.2) is 4.39 Å². The summed E-state index contributed by atoms with van der Waals surface area (Å²) in [5.74, 6) is 0.610. The quantitative estimate of drug-likeness (QED) is 0.866. The van der Waals surface area contributed by atoms with Gasteiger partial charge in [0.05, 0.1) is 0 Å². The first-order valence-electron chi connectivity index (χ1n) is 5.42. The van der Waals surface area contributed by atoms with Crippen molar-refractivity contribution in [2.45, 2.75) is 32.2 Å². The van der Waals surface area contributed by atoms with Crippen LogP contribution in [0.15, 0.2) is 22.7 Å². The molecule has 82 valence electrons. The van der Waals surface area contributed by atoms with Crippen LogP contribution in [0.2, 0.25) is 0 Å². The lowest BCUT2D eigenvalue weighted by Gasteiger charge is -2.18. The van der Waals surface area contributed by atoms with E-state index >= 15 is 0 Å². The SMILES string of the molecule is CCC(Nc1ccc(F)cc1Br)C1CC1. The van der Waals surface area contributed by atoms with Crippen LogP contribution in [0.3, 0.4) is 0 Å². The second-order valence-electron chi connectivity index (χ2n) is 4.12. The third-order valence-corrected chi connectivity index (χ3v) is 3.56. The van der Waals surface area contributed by atoms with E-state index in [4.69, 9.17) is 0 Å². The smallest absolute Gasteiger partial charge is 0.124 e. The molecule has 2 rings (SSSR count). The summed E-state index contributed by atoms with van der Waals surface area (Å²) in [6.07, 6.45) is 3.77. The number of rotatable bonds is 4. The van der Waals surface area contributed by atoms with Gasteiger partial charge >= 0.3 is 0 Å². The van der Waals surface area contributed by atoms with Crippen LogP contribution in [0.25, 0.3) is 0 Å². The molecule has 1 N–H and O–H groups in total. The maximum absolute atomic E-state index is 12.9. The van der Waals surface area contributed by atoms with Crippen LogP contribution in [-0.4, -0.2) is 6.04 Å². The van der Waals surface area contributed by atoms with E-state index in [9.17, 15) is 4.39 Å². The molecule has 0 aliphatic heterocycles. The van der Waals surface area contributed by atoms with Crippen molar-refractivity contribution in [2.75, 3.05) is 5.32 Å². The van der Waals surface area contributed by atoms with Gasteiger partial charge in [-0.1, -0.05) is 6.92 Å². The first-order chi connectivity index (χ1) is 7.20. The molecule has 0 aromatic heterocycles. The fourth-order valence-corrected chi connectivity index (χ4v) is 2.32. The Bertz CT molecular complexity index is 349. The Morgan fingerprint density at radius 2 is 2.27 bits per heavy atom. The van der Waals surface area contributed by atoms with Crippen molar-refractivity contribution in [3.8, 4) is 0 Å². The largest absolute Gasteiger partial charge is 0.381 e. The maximum atomic E-state index is 12.9. The van der Waals surface area contributed by atoms with Crippen molar-refractivity contribution in [1.29, 1.82) is 0 Å². The molecule has 15 heavy (non-hydrogen) atoms. The fourth-order valence-electron chi connectivity index (χ4n) is 1.86. The topological polar surface area (TPSA) is 12.0 Å². The highest BCUT2D eigenvalue weighted by Crippen LogP contribution is 2.36. The van der Waals surface area contributed by atoms with Crippen molar-refractivity contribution in [3.63, 3.8) is 0 Å². The molecular formula is C12H15BrFN. The molecule has 3 heteroatoms. The van der Waals surface area contributed by atoms with E-state index in [2.05, 4.69) is 28.2 Å². The van der Waals surface area contributed by atoms with E-state index in [0.29, 0.717) is 6.04 Å². The Morgan fingerprint density at radius 1 is 1.53 bits per heavy atom. The molecule has 1 aromatic carbocycles. The Labute approximate surface area is 98.2 Å². The fraction of sp³-hybridized carbons (Fsp3) is 0.500. The molecule has 1 aliphatic carbocycles. The van der Waals surface area contributed by atoms with Crippen molar-refractivity contribution in [3.05, 3.63) is 28.5 Å². The van der Waals surface area contributed by atoms with Gasteiger partial charge in [-0.2, -0.15) is 0 Å². The van der Waals surface area contributed by atoms with Gasteiger partial charge in [0.2, 0.25) is 0 Å². The zero-order valence-corrected chi connectivity index (χ0v) is 10.3. The normalized spacial score (nSPS) is 17.5. The summed E-state index contributed by atoms with van der Waals surface area (Å²) >= 11 is 3.37. The second-order valence-corrected chi connectivity index (χ2v) is 4.98. The summed E-state index contributed by atoms with van der Waals surface area (Å²) in [6, 6.07) is 5.32. The van der Waals surface area contributed by atoms with Crippen LogP contribution >= 0.6 is 15.9 Å². The average Bonchev–Trinajstić information content (AvgIpc) is 3.00. The van der Waals surface area contributed by atoms with E-state index in [1.54, 1.807) is 6.07 Å². The molecule has 1 nitrogen and oxygen atoms in total. The summed E-state index contributed by atoms with van der Waals surface area (Å²) in [4.78, 5) is 0. The number of hydrogen-bond donors (Lipinski definition) is 1. The molecule has 0 radical (unpaired) electrons. The summed E-state index contributed by atoms with van der Waals surface area (Å²) in [5.41, 5.74) is 0.996. The van der Waals surface area contributed by atoms with Gasteiger partial charge in [0.1, 0.15) is 5.82 Å². The lowest BCUT2D eigenvalue weighted by molar-refractivity contribution is 0.613. The number of nitrogens with one attached hydrogen (secondary N) is 1. The second kappa shape index (κ2) is 4.52. The number of anilines is 1.